The smallest absolute Gasteiger partial charge is 0.250 e. The highest BCUT2D eigenvalue weighted by atomic mass is 16.1. The fourth-order valence-corrected chi connectivity index (χ4v) is 3.53. The van der Waals surface area contributed by atoms with E-state index in [-0.39, 0.29) is 5.91 Å². The first kappa shape index (κ1) is 20.3. The molecule has 28 heavy (non-hydrogen) atoms. The van der Waals surface area contributed by atoms with Crippen LogP contribution in [0, 0.1) is 0 Å². The first-order chi connectivity index (χ1) is 13.6. The number of allylic oxidation sites excluding steroid dienone is 1. The highest BCUT2D eigenvalue weighted by Crippen LogP contribution is 2.15. The lowest BCUT2D eigenvalue weighted by Crippen LogP contribution is -2.45. The number of carbonyl (C=O) groups excluding carboxylic acids is 1. The van der Waals surface area contributed by atoms with Crippen molar-refractivity contribution in [2.45, 2.75) is 33.4 Å². The van der Waals surface area contributed by atoms with E-state index in [4.69, 9.17) is 0 Å². The van der Waals surface area contributed by atoms with E-state index in [1.54, 1.807) is 0 Å². The Morgan fingerprint density at radius 2 is 1.43 bits per heavy atom. The first-order valence-corrected chi connectivity index (χ1v) is 10.2. The molecule has 0 atom stereocenters. The third-order valence-electron chi connectivity index (χ3n) is 5.20. The molecule has 2 aromatic rings. The molecule has 3 rings (SSSR count). The minimum atomic E-state index is -0.0239. The van der Waals surface area contributed by atoms with Gasteiger partial charge in [-0.2, -0.15) is 0 Å². The van der Waals surface area contributed by atoms with Crippen LogP contribution in [0.15, 0.2) is 66.2 Å². The molecular weight excluding hydrogens is 346 g/mol. The Labute approximate surface area is 168 Å². The van der Waals surface area contributed by atoms with Crippen molar-refractivity contribution in [3.05, 3.63) is 77.4 Å². The second-order valence-electron chi connectivity index (χ2n) is 7.48. The van der Waals surface area contributed by atoms with Crippen LogP contribution in [0.3, 0.4) is 0 Å². The first-order valence-electron chi connectivity index (χ1n) is 10.2. The number of anilines is 1. The summed E-state index contributed by atoms with van der Waals surface area (Å²) in [7, 11) is 0. The van der Waals surface area contributed by atoms with Crippen LogP contribution in [-0.2, 0) is 17.9 Å². The highest BCUT2D eigenvalue weighted by Gasteiger charge is 2.17. The molecule has 1 aliphatic heterocycles. The Bertz CT molecular complexity index is 775. The second-order valence-corrected chi connectivity index (χ2v) is 7.48. The zero-order chi connectivity index (χ0) is 19.8. The minimum Gasteiger partial charge on any atom is -0.322 e. The molecule has 1 saturated heterocycles. The molecule has 0 spiro atoms. The molecule has 4 nitrogen and oxygen atoms in total. The third-order valence-corrected chi connectivity index (χ3v) is 5.20. The zero-order valence-electron chi connectivity index (χ0n) is 17.0. The maximum absolute atomic E-state index is 12.1. The molecule has 1 aliphatic rings. The van der Waals surface area contributed by atoms with E-state index in [1.807, 2.05) is 32.1 Å². The Kier molecular flexibility index (Phi) is 7.40. The maximum Gasteiger partial charge on any atom is 0.250 e. The average Bonchev–Trinajstić information content (AvgIpc) is 2.72. The van der Waals surface area contributed by atoms with Crippen LogP contribution < -0.4 is 5.32 Å². The van der Waals surface area contributed by atoms with Crippen molar-refractivity contribution in [3.8, 4) is 0 Å². The Morgan fingerprint density at radius 1 is 0.893 bits per heavy atom. The fourth-order valence-electron chi connectivity index (χ4n) is 3.53. The summed E-state index contributed by atoms with van der Waals surface area (Å²) in [5, 5.41) is 2.96. The molecule has 4 heteroatoms. The summed E-state index contributed by atoms with van der Waals surface area (Å²) in [5.74, 6) is -0.0239. The quantitative estimate of drug-likeness (QED) is 0.731. The van der Waals surface area contributed by atoms with Gasteiger partial charge in [0, 0.05) is 50.5 Å². The van der Waals surface area contributed by atoms with Crippen LogP contribution in [-0.4, -0.2) is 41.9 Å². The molecule has 0 saturated carbocycles. The van der Waals surface area contributed by atoms with E-state index in [0.717, 1.165) is 56.9 Å². The molecule has 0 aliphatic carbocycles. The number of nitrogens with one attached hydrogen (secondary N) is 1. The monoisotopic (exact) mass is 377 g/mol. The van der Waals surface area contributed by atoms with Crippen molar-refractivity contribution in [3.63, 3.8) is 0 Å². The number of carbonyl (C=O) groups is 1. The Morgan fingerprint density at radius 3 is 1.96 bits per heavy atom. The predicted octanol–water partition coefficient (Wildman–Crippen LogP) is 4.30. The molecule has 0 bridgehead atoms. The van der Waals surface area contributed by atoms with Crippen molar-refractivity contribution in [1.29, 1.82) is 0 Å². The standard InChI is InChI=1S/C24H31N3O/c1-3-7-20(2)24(28)25-23-12-10-22(11-13-23)19-27-16-14-26(15-17-27)18-21-8-5-4-6-9-21/h4-13H,3,14-19H2,1-2H3,(H,25,28)/b20-7-. The van der Waals surface area contributed by atoms with E-state index in [2.05, 4.69) is 57.6 Å². The molecule has 0 unspecified atom stereocenters. The van der Waals surface area contributed by atoms with E-state index in [1.165, 1.54) is 11.1 Å². The van der Waals surface area contributed by atoms with Crippen molar-refractivity contribution < 1.29 is 4.79 Å². The summed E-state index contributed by atoms with van der Waals surface area (Å²) in [6.45, 7) is 10.3. The van der Waals surface area contributed by atoms with Crippen LogP contribution in [0.4, 0.5) is 5.69 Å². The molecule has 1 amide bonds. The number of amides is 1. The lowest BCUT2D eigenvalue weighted by molar-refractivity contribution is -0.112. The van der Waals surface area contributed by atoms with Crippen LogP contribution in [0.1, 0.15) is 31.4 Å². The Hall–Kier alpha value is -2.43. The second kappa shape index (κ2) is 10.2. The number of nitrogens with zero attached hydrogens (tertiary/aromatic N) is 2. The van der Waals surface area contributed by atoms with Gasteiger partial charge in [0.05, 0.1) is 0 Å². The lowest BCUT2D eigenvalue weighted by Gasteiger charge is -2.34. The van der Waals surface area contributed by atoms with Crippen LogP contribution in [0.25, 0.3) is 0 Å². The van der Waals surface area contributed by atoms with Gasteiger partial charge >= 0.3 is 0 Å². The summed E-state index contributed by atoms with van der Waals surface area (Å²) in [5.41, 5.74) is 4.29. The van der Waals surface area contributed by atoms with Gasteiger partial charge in [-0.1, -0.05) is 55.5 Å². The van der Waals surface area contributed by atoms with Crippen LogP contribution in [0.5, 0.6) is 0 Å². The number of hydrogen-bond acceptors (Lipinski definition) is 3. The summed E-state index contributed by atoms with van der Waals surface area (Å²) in [6.07, 6.45) is 2.82. The number of benzene rings is 2. The third kappa shape index (κ3) is 6.04. The van der Waals surface area contributed by atoms with E-state index in [9.17, 15) is 4.79 Å². The summed E-state index contributed by atoms with van der Waals surface area (Å²) in [6, 6.07) is 18.9. The van der Waals surface area contributed by atoms with Gasteiger partial charge < -0.3 is 5.32 Å². The molecule has 1 N–H and O–H groups in total. The topological polar surface area (TPSA) is 35.6 Å². The molecule has 1 fully saturated rings. The molecule has 0 radical (unpaired) electrons. The van der Waals surface area contributed by atoms with Gasteiger partial charge in [-0.3, -0.25) is 14.6 Å². The molecular formula is C24H31N3O. The van der Waals surface area contributed by atoms with Gasteiger partial charge in [-0.15, -0.1) is 0 Å². The zero-order valence-corrected chi connectivity index (χ0v) is 17.0. The largest absolute Gasteiger partial charge is 0.322 e. The molecule has 148 valence electrons. The summed E-state index contributed by atoms with van der Waals surface area (Å²) in [4.78, 5) is 17.1. The summed E-state index contributed by atoms with van der Waals surface area (Å²) >= 11 is 0. The lowest BCUT2D eigenvalue weighted by atomic mass is 10.1. The van der Waals surface area contributed by atoms with Crippen molar-refractivity contribution in [2.24, 2.45) is 0 Å². The van der Waals surface area contributed by atoms with Gasteiger partial charge in [0.25, 0.3) is 5.91 Å². The number of piperazine rings is 1. The predicted molar refractivity (Wildman–Crippen MR) is 116 cm³/mol. The Balaban J connectivity index is 1.45. The van der Waals surface area contributed by atoms with Crippen molar-refractivity contribution in [1.82, 2.24) is 9.80 Å². The molecule has 2 aromatic carbocycles. The van der Waals surface area contributed by atoms with Gasteiger partial charge in [-0.05, 0) is 36.6 Å². The normalized spacial score (nSPS) is 16.1. The highest BCUT2D eigenvalue weighted by molar-refractivity contribution is 6.03. The minimum absolute atomic E-state index is 0.0239. The number of rotatable bonds is 7. The SMILES string of the molecule is CC/C=C(/C)C(=O)Nc1ccc(CN2CCN(Cc3ccccc3)CC2)cc1. The van der Waals surface area contributed by atoms with Crippen molar-refractivity contribution >= 4 is 11.6 Å². The van der Waals surface area contributed by atoms with E-state index in [0.29, 0.717) is 0 Å². The molecule has 1 heterocycles. The van der Waals surface area contributed by atoms with E-state index < -0.39 is 0 Å². The van der Waals surface area contributed by atoms with Gasteiger partial charge in [0.15, 0.2) is 0 Å². The summed E-state index contributed by atoms with van der Waals surface area (Å²) < 4.78 is 0. The van der Waals surface area contributed by atoms with Gasteiger partial charge in [0.2, 0.25) is 0 Å². The van der Waals surface area contributed by atoms with Gasteiger partial charge in [-0.25, -0.2) is 0 Å². The van der Waals surface area contributed by atoms with Crippen LogP contribution >= 0.6 is 0 Å². The fraction of sp³-hybridized carbons (Fsp3) is 0.375. The number of hydrogen-bond donors (Lipinski definition) is 1. The average molecular weight is 378 g/mol. The maximum atomic E-state index is 12.1. The van der Waals surface area contributed by atoms with E-state index >= 15 is 0 Å². The van der Waals surface area contributed by atoms with Crippen molar-refractivity contribution in [2.75, 3.05) is 31.5 Å². The molecule has 0 aromatic heterocycles. The van der Waals surface area contributed by atoms with Gasteiger partial charge in [0.1, 0.15) is 0 Å². The van der Waals surface area contributed by atoms with Crippen LogP contribution in [0.2, 0.25) is 0 Å².